The summed E-state index contributed by atoms with van der Waals surface area (Å²) in [6.07, 6.45) is 5.57. The van der Waals surface area contributed by atoms with Crippen LogP contribution in [0.1, 0.15) is 19.8 Å². The van der Waals surface area contributed by atoms with Crippen LogP contribution in [-0.2, 0) is 4.79 Å². The van der Waals surface area contributed by atoms with Crippen molar-refractivity contribution < 1.29 is 4.79 Å². The van der Waals surface area contributed by atoms with Crippen LogP contribution in [0.3, 0.4) is 0 Å². The van der Waals surface area contributed by atoms with Crippen molar-refractivity contribution in [2.45, 2.75) is 31.8 Å². The maximum atomic E-state index is 11.7. The summed E-state index contributed by atoms with van der Waals surface area (Å²) in [6.45, 7) is 7.53. The largest absolute Gasteiger partial charge is 0.365 e. The molecule has 2 atom stereocenters. The number of amides is 1. The molecule has 3 rings (SSSR count). The summed E-state index contributed by atoms with van der Waals surface area (Å²) < 4.78 is 0. The molecule has 7 nitrogen and oxygen atoms in total. The molecule has 1 fully saturated rings. The first-order valence-electron chi connectivity index (χ1n) is 8.27. The number of aromatic amines is 1. The molecule has 1 aliphatic heterocycles. The molecule has 24 heavy (non-hydrogen) atoms. The van der Waals surface area contributed by atoms with Gasteiger partial charge in [-0.3, -0.25) is 9.69 Å². The molecule has 3 N–H and O–H groups in total. The molecule has 7 heteroatoms. The van der Waals surface area contributed by atoms with Crippen LogP contribution in [0.5, 0.6) is 0 Å². The lowest BCUT2D eigenvalue weighted by Gasteiger charge is -2.38. The second kappa shape index (κ2) is 7.00. The highest BCUT2D eigenvalue weighted by Crippen LogP contribution is 2.23. The number of rotatable bonds is 5. The van der Waals surface area contributed by atoms with Crippen molar-refractivity contribution in [3.8, 4) is 0 Å². The highest BCUT2D eigenvalue weighted by atomic mass is 16.1. The Hall–Kier alpha value is -2.41. The zero-order valence-corrected chi connectivity index (χ0v) is 14.2. The third-order valence-electron chi connectivity index (χ3n) is 4.65. The Labute approximate surface area is 141 Å². The maximum absolute atomic E-state index is 11.7. The average Bonchev–Trinajstić information content (AvgIpc) is 3.06. The fraction of sp³-hybridized carbons (Fsp3) is 0.471. The van der Waals surface area contributed by atoms with Crippen LogP contribution in [-0.4, -0.2) is 58.0 Å². The monoisotopic (exact) mass is 328 g/mol. The van der Waals surface area contributed by atoms with Gasteiger partial charge in [0, 0.05) is 44.0 Å². The summed E-state index contributed by atoms with van der Waals surface area (Å²) in [4.78, 5) is 25.7. The number of likely N-dealkylation sites (N-methyl/N-ethyl adjacent to an activating group) is 1. The van der Waals surface area contributed by atoms with E-state index in [0.29, 0.717) is 18.2 Å². The zero-order valence-electron chi connectivity index (χ0n) is 14.2. The Balaban J connectivity index is 1.68. The van der Waals surface area contributed by atoms with Gasteiger partial charge in [-0.15, -0.1) is 0 Å². The normalized spacial score (nSPS) is 21.6. The molecule has 1 amide bonds. The average molecular weight is 328 g/mol. The summed E-state index contributed by atoms with van der Waals surface area (Å²) in [5, 5.41) is 7.17. The molecular weight excluding hydrogens is 304 g/mol. The van der Waals surface area contributed by atoms with Crippen LogP contribution in [0.2, 0.25) is 0 Å². The Bertz CT molecular complexity index is 740. The van der Waals surface area contributed by atoms with Crippen LogP contribution in [0.25, 0.3) is 11.0 Å². The number of aromatic nitrogens is 3. The van der Waals surface area contributed by atoms with Crippen LogP contribution >= 0.6 is 0 Å². The minimum absolute atomic E-state index is 0.0953. The minimum Gasteiger partial charge on any atom is -0.365 e. The van der Waals surface area contributed by atoms with Crippen LogP contribution in [0.15, 0.2) is 30.7 Å². The summed E-state index contributed by atoms with van der Waals surface area (Å²) in [6, 6.07) is 2.70. The van der Waals surface area contributed by atoms with Crippen molar-refractivity contribution >= 4 is 22.8 Å². The van der Waals surface area contributed by atoms with Crippen molar-refractivity contribution in [2.24, 2.45) is 0 Å². The third-order valence-corrected chi connectivity index (χ3v) is 4.65. The molecule has 0 aliphatic carbocycles. The summed E-state index contributed by atoms with van der Waals surface area (Å²) >= 11 is 0. The number of fused-ring (bicyclic) bond motifs is 1. The topological polar surface area (TPSA) is 85.9 Å². The van der Waals surface area contributed by atoms with Crippen LogP contribution in [0, 0.1) is 0 Å². The van der Waals surface area contributed by atoms with E-state index in [4.69, 9.17) is 0 Å². The first-order chi connectivity index (χ1) is 11.6. The lowest BCUT2D eigenvalue weighted by Crippen LogP contribution is -2.48. The smallest absolute Gasteiger partial charge is 0.247 e. The lowest BCUT2D eigenvalue weighted by atomic mass is 9.98. The molecule has 2 aromatic heterocycles. The van der Waals surface area contributed by atoms with Gasteiger partial charge < -0.3 is 15.6 Å². The van der Waals surface area contributed by atoms with Crippen molar-refractivity contribution in [3.05, 3.63) is 30.7 Å². The molecule has 0 bridgehead atoms. The molecule has 0 saturated carbocycles. The number of nitrogens with one attached hydrogen (secondary N) is 3. The number of carbonyl (C=O) groups is 1. The number of hydrogen-bond donors (Lipinski definition) is 3. The van der Waals surface area contributed by atoms with E-state index in [1.165, 1.54) is 0 Å². The third kappa shape index (κ3) is 3.41. The van der Waals surface area contributed by atoms with Crippen molar-refractivity contribution in [3.63, 3.8) is 0 Å². The summed E-state index contributed by atoms with van der Waals surface area (Å²) in [7, 11) is 1.63. The molecule has 0 spiro atoms. The Morgan fingerprint density at radius 3 is 3.08 bits per heavy atom. The van der Waals surface area contributed by atoms with E-state index in [0.717, 1.165) is 36.2 Å². The molecule has 0 aromatic carbocycles. The maximum Gasteiger partial charge on any atom is 0.247 e. The zero-order chi connectivity index (χ0) is 17.1. The molecule has 3 heterocycles. The molecule has 1 aliphatic rings. The molecule has 128 valence electrons. The summed E-state index contributed by atoms with van der Waals surface area (Å²) in [5.74, 6) is 0.757. The SMILES string of the molecule is C=C(CN1C[C@@H](Nc2ncnc3[nH]ccc23)CC[C@H]1C)C(=O)NC. The van der Waals surface area contributed by atoms with E-state index >= 15 is 0 Å². The fourth-order valence-corrected chi connectivity index (χ4v) is 3.19. The Morgan fingerprint density at radius 1 is 1.46 bits per heavy atom. The van der Waals surface area contributed by atoms with Gasteiger partial charge in [0.15, 0.2) is 0 Å². The number of nitrogens with zero attached hydrogens (tertiary/aromatic N) is 3. The van der Waals surface area contributed by atoms with Gasteiger partial charge in [-0.2, -0.15) is 0 Å². The van der Waals surface area contributed by atoms with Gasteiger partial charge in [0.25, 0.3) is 0 Å². The summed E-state index contributed by atoms with van der Waals surface area (Å²) in [5.41, 5.74) is 1.43. The fourth-order valence-electron chi connectivity index (χ4n) is 3.19. The Morgan fingerprint density at radius 2 is 2.29 bits per heavy atom. The number of hydrogen-bond acceptors (Lipinski definition) is 5. The van der Waals surface area contributed by atoms with Gasteiger partial charge in [0.1, 0.15) is 17.8 Å². The van der Waals surface area contributed by atoms with Crippen LogP contribution in [0.4, 0.5) is 5.82 Å². The van der Waals surface area contributed by atoms with Crippen molar-refractivity contribution in [1.82, 2.24) is 25.2 Å². The molecule has 2 aromatic rings. The van der Waals surface area contributed by atoms with E-state index in [2.05, 4.69) is 44.0 Å². The van der Waals surface area contributed by atoms with Crippen molar-refractivity contribution in [1.29, 1.82) is 0 Å². The van der Waals surface area contributed by atoms with Gasteiger partial charge in [-0.05, 0) is 25.8 Å². The number of carbonyl (C=O) groups excluding carboxylic acids is 1. The molecule has 0 radical (unpaired) electrons. The van der Waals surface area contributed by atoms with Crippen LogP contribution < -0.4 is 10.6 Å². The lowest BCUT2D eigenvalue weighted by molar-refractivity contribution is -0.117. The number of likely N-dealkylation sites (tertiary alicyclic amines) is 1. The number of H-pyrrole nitrogens is 1. The van der Waals surface area contributed by atoms with Gasteiger partial charge in [0.05, 0.1) is 5.39 Å². The van der Waals surface area contributed by atoms with E-state index in [-0.39, 0.29) is 11.9 Å². The predicted molar refractivity (Wildman–Crippen MR) is 94.8 cm³/mol. The first kappa shape index (κ1) is 16.4. The standard InChI is InChI=1S/C17H24N6O/c1-11(17(24)18-3)8-23-9-13(5-4-12(23)2)22-16-14-6-7-19-15(14)20-10-21-16/h6-7,10,12-13H,1,4-5,8-9H2,2-3H3,(H,18,24)(H2,19,20,21,22)/t12-,13+/m1/s1. The van der Waals surface area contributed by atoms with E-state index in [9.17, 15) is 4.79 Å². The van der Waals surface area contributed by atoms with Crippen molar-refractivity contribution in [2.75, 3.05) is 25.5 Å². The van der Waals surface area contributed by atoms with E-state index in [1.54, 1.807) is 13.4 Å². The first-order valence-corrected chi connectivity index (χ1v) is 8.27. The molecule has 1 saturated heterocycles. The second-order valence-corrected chi connectivity index (χ2v) is 6.34. The van der Waals surface area contributed by atoms with Gasteiger partial charge >= 0.3 is 0 Å². The van der Waals surface area contributed by atoms with E-state index < -0.39 is 0 Å². The minimum atomic E-state index is -0.0953. The quantitative estimate of drug-likeness (QED) is 0.725. The highest BCUT2D eigenvalue weighted by molar-refractivity contribution is 5.92. The van der Waals surface area contributed by atoms with Gasteiger partial charge in [0.2, 0.25) is 5.91 Å². The second-order valence-electron chi connectivity index (χ2n) is 6.34. The molecule has 0 unspecified atom stereocenters. The number of piperidine rings is 1. The van der Waals surface area contributed by atoms with E-state index in [1.807, 2.05) is 12.3 Å². The van der Waals surface area contributed by atoms with Gasteiger partial charge in [-0.25, -0.2) is 9.97 Å². The molecular formula is C17H24N6O. The van der Waals surface area contributed by atoms with Gasteiger partial charge in [-0.1, -0.05) is 6.58 Å². The predicted octanol–water partition coefficient (Wildman–Crippen LogP) is 1.52. The number of anilines is 1. The Kier molecular flexibility index (Phi) is 4.80. The highest BCUT2D eigenvalue weighted by Gasteiger charge is 2.27.